The van der Waals surface area contributed by atoms with Crippen LogP contribution >= 0.6 is 17.0 Å². The zero-order chi connectivity index (χ0) is 25.3. The van der Waals surface area contributed by atoms with Crippen LogP contribution in [0.3, 0.4) is 0 Å². The number of hydrogen-bond acceptors (Lipinski definition) is 0. The van der Waals surface area contributed by atoms with E-state index in [9.17, 15) is 0 Å². The van der Waals surface area contributed by atoms with E-state index in [4.69, 9.17) is 17.0 Å². The molecule has 0 aliphatic heterocycles. The van der Waals surface area contributed by atoms with Crippen molar-refractivity contribution in [2.24, 2.45) is 0 Å². The first kappa shape index (κ1) is 30.9. The Hall–Kier alpha value is -1.18. The summed E-state index contributed by atoms with van der Waals surface area (Å²) < 4.78 is 0. The minimum atomic E-state index is -0.826. The standard InChI is InChI=1S/2C14H15.C2H7Si.2ClH.Zr/c2*1-11(2)13-8-9-14(10-13)12-6-4-3-5-7-12;1-3-2;;;/h2*3-11H,1-2H3;3H,1-2H3;2*1H;/q2*-1;;;;+4/p-2. The Morgan fingerprint density at radius 1 is 0.647 bits per heavy atom. The third-order valence-corrected chi connectivity index (χ3v) is 5.10. The molecule has 0 nitrogen and oxygen atoms in total. The molecule has 0 saturated heterocycles. The molecule has 0 aliphatic rings. The summed E-state index contributed by atoms with van der Waals surface area (Å²) in [4.78, 5) is 0. The zero-order valence-electron chi connectivity index (χ0n) is 21.2. The average Bonchev–Trinajstić information content (AvgIpc) is 3.53. The van der Waals surface area contributed by atoms with Gasteiger partial charge in [-0.2, -0.15) is 35.4 Å². The zero-order valence-corrected chi connectivity index (χ0v) is 26.4. The molecule has 0 heterocycles. The summed E-state index contributed by atoms with van der Waals surface area (Å²) in [6.45, 7) is 13.3. The molecule has 0 saturated carbocycles. The van der Waals surface area contributed by atoms with Crippen molar-refractivity contribution in [2.45, 2.75) is 52.6 Å². The molecule has 0 atom stereocenters. The van der Waals surface area contributed by atoms with Gasteiger partial charge >= 0.3 is 37.9 Å². The van der Waals surface area contributed by atoms with Crippen molar-refractivity contribution in [3.63, 3.8) is 0 Å². The molecule has 0 aromatic heterocycles. The van der Waals surface area contributed by atoms with Gasteiger partial charge in [-0.15, -0.1) is 34.4 Å². The van der Waals surface area contributed by atoms with Gasteiger partial charge in [-0.1, -0.05) is 113 Å². The van der Waals surface area contributed by atoms with Crippen LogP contribution in [0.1, 0.15) is 50.7 Å². The van der Waals surface area contributed by atoms with Crippen molar-refractivity contribution in [1.82, 2.24) is 0 Å². The fourth-order valence-corrected chi connectivity index (χ4v) is 3.26. The molecule has 179 valence electrons. The molecule has 4 aromatic carbocycles. The van der Waals surface area contributed by atoms with E-state index in [0.717, 1.165) is 9.52 Å². The van der Waals surface area contributed by atoms with Gasteiger partial charge < -0.3 is 0 Å². The molecule has 4 aromatic rings. The molecule has 0 unspecified atom stereocenters. The Labute approximate surface area is 228 Å². The summed E-state index contributed by atoms with van der Waals surface area (Å²) in [5.74, 6) is 1.24. The van der Waals surface area contributed by atoms with Gasteiger partial charge in [-0.05, 0) is 0 Å². The molecule has 4 rings (SSSR count). The van der Waals surface area contributed by atoms with Gasteiger partial charge in [0.15, 0.2) is 0 Å². The molecule has 0 aliphatic carbocycles. The molecule has 0 amide bonds. The van der Waals surface area contributed by atoms with E-state index < -0.39 is 20.8 Å². The van der Waals surface area contributed by atoms with Gasteiger partial charge in [-0.25, -0.2) is 0 Å². The van der Waals surface area contributed by atoms with Crippen molar-refractivity contribution in [3.8, 4) is 22.3 Å². The van der Waals surface area contributed by atoms with Crippen molar-refractivity contribution >= 4 is 26.5 Å². The molecule has 0 fully saturated rings. The van der Waals surface area contributed by atoms with Crippen LogP contribution in [0.4, 0.5) is 0 Å². The van der Waals surface area contributed by atoms with E-state index in [1.165, 1.54) is 33.4 Å². The molecular weight excluding hydrogens is 551 g/mol. The summed E-state index contributed by atoms with van der Waals surface area (Å²) in [5, 5.41) is 0. The van der Waals surface area contributed by atoms with Crippen LogP contribution in [0.25, 0.3) is 22.3 Å². The van der Waals surface area contributed by atoms with Gasteiger partial charge in [0.05, 0.1) is 0 Å². The Balaban J connectivity index is 0.000000277. The molecule has 34 heavy (non-hydrogen) atoms. The first-order valence-electron chi connectivity index (χ1n) is 11.7. The fraction of sp³-hybridized carbons (Fsp3) is 0.267. The van der Waals surface area contributed by atoms with E-state index in [2.05, 4.69) is 138 Å². The number of halogens is 2. The maximum atomic E-state index is 4.93. The Morgan fingerprint density at radius 2 is 0.941 bits per heavy atom. The second-order valence-corrected chi connectivity index (χ2v) is 13.4. The average molecular weight is 588 g/mol. The Kier molecular flexibility index (Phi) is 16.5. The molecule has 0 spiro atoms. The molecule has 4 heteroatoms. The fourth-order valence-electron chi connectivity index (χ4n) is 3.26. The predicted octanol–water partition coefficient (Wildman–Crippen LogP) is 10.3. The van der Waals surface area contributed by atoms with E-state index in [0.29, 0.717) is 11.8 Å². The monoisotopic (exact) mass is 585 g/mol. The van der Waals surface area contributed by atoms with Crippen LogP contribution in [0.5, 0.6) is 0 Å². The van der Waals surface area contributed by atoms with Gasteiger partial charge in [0, 0.05) is 9.52 Å². The van der Waals surface area contributed by atoms with E-state index in [1.54, 1.807) is 0 Å². The van der Waals surface area contributed by atoms with Crippen molar-refractivity contribution in [1.29, 1.82) is 0 Å². The van der Waals surface area contributed by atoms with Crippen molar-refractivity contribution < 1.29 is 20.8 Å². The summed E-state index contributed by atoms with van der Waals surface area (Å²) in [5.41, 5.74) is 8.11. The van der Waals surface area contributed by atoms with Gasteiger partial charge in [0.2, 0.25) is 0 Å². The van der Waals surface area contributed by atoms with Crippen LogP contribution in [0.15, 0.2) is 97.1 Å². The minimum absolute atomic E-state index is 0.618. The maximum absolute atomic E-state index is 4.93. The molecular formula is C30H37Cl2SiZr. The van der Waals surface area contributed by atoms with E-state index >= 15 is 0 Å². The van der Waals surface area contributed by atoms with Crippen LogP contribution in [-0.4, -0.2) is 9.52 Å². The first-order chi connectivity index (χ1) is 16.4. The van der Waals surface area contributed by atoms with Gasteiger partial charge in [0.25, 0.3) is 0 Å². The van der Waals surface area contributed by atoms with E-state index in [1.807, 2.05) is 0 Å². The van der Waals surface area contributed by atoms with Crippen molar-refractivity contribution in [3.05, 3.63) is 108 Å². The molecule has 1 radical (unpaired) electrons. The SMILES string of the molecule is CC(C)c1c[cH-]c(-c2ccccc2)c1.CC(C)c1c[cH-]c(-c2ccccc2)c1.C[SiH]C.[Cl][Zr+2][Cl]. The third kappa shape index (κ3) is 11.5. The summed E-state index contributed by atoms with van der Waals surface area (Å²) in [7, 11) is 10.6. The summed E-state index contributed by atoms with van der Waals surface area (Å²) in [6.07, 6.45) is 0. The summed E-state index contributed by atoms with van der Waals surface area (Å²) >= 11 is -0.826. The van der Waals surface area contributed by atoms with Crippen molar-refractivity contribution in [2.75, 3.05) is 0 Å². The number of benzene rings is 2. The second kappa shape index (κ2) is 18.1. The Morgan fingerprint density at radius 3 is 1.18 bits per heavy atom. The topological polar surface area (TPSA) is 0 Å². The second-order valence-electron chi connectivity index (χ2n) is 8.56. The van der Waals surface area contributed by atoms with Crippen LogP contribution in [0, 0.1) is 0 Å². The van der Waals surface area contributed by atoms with Gasteiger partial charge in [0.1, 0.15) is 0 Å². The van der Waals surface area contributed by atoms with Crippen LogP contribution in [-0.2, 0) is 20.8 Å². The van der Waals surface area contributed by atoms with Crippen LogP contribution in [0.2, 0.25) is 13.1 Å². The summed E-state index contributed by atoms with van der Waals surface area (Å²) in [6, 6.07) is 34.4. The third-order valence-electron chi connectivity index (χ3n) is 5.10. The molecule has 0 N–H and O–H groups in total. The first-order valence-corrected chi connectivity index (χ1v) is 20.4. The number of rotatable bonds is 4. The van der Waals surface area contributed by atoms with Crippen LogP contribution < -0.4 is 0 Å². The Bertz CT molecular complexity index is 921. The molecule has 0 bridgehead atoms. The quantitative estimate of drug-likeness (QED) is 0.165. The predicted molar refractivity (Wildman–Crippen MR) is 154 cm³/mol. The number of hydrogen-bond donors (Lipinski definition) is 0. The van der Waals surface area contributed by atoms with E-state index in [-0.39, 0.29) is 0 Å². The van der Waals surface area contributed by atoms with Gasteiger partial charge in [-0.3, -0.25) is 0 Å². The normalized spacial score (nSPS) is 9.71.